The summed E-state index contributed by atoms with van der Waals surface area (Å²) in [7, 11) is 0. The number of rotatable bonds is 8. The second kappa shape index (κ2) is 10.5. The topological polar surface area (TPSA) is 69.0 Å². The van der Waals surface area contributed by atoms with E-state index in [2.05, 4.69) is 15.5 Å². The molecule has 0 aliphatic carbocycles. The highest BCUT2D eigenvalue weighted by molar-refractivity contribution is 7.99. The standard InChI is InChI=1S/C24H20ClFN4O2S/c1-16(32-21-12-10-18(26)11-13-21)23-28-29-24(30(23)20-8-3-2-4-9-20)33-15-22(31)27-19-7-5-6-17(25)14-19/h2-14,16H,15H2,1H3,(H,27,31). The molecule has 6 nitrogen and oxygen atoms in total. The Kier molecular flexibility index (Phi) is 7.26. The number of hydrogen-bond donors (Lipinski definition) is 1. The van der Waals surface area contributed by atoms with Gasteiger partial charge in [0.05, 0.1) is 5.75 Å². The van der Waals surface area contributed by atoms with Crippen LogP contribution in [-0.4, -0.2) is 26.4 Å². The third-order valence-electron chi connectivity index (χ3n) is 4.60. The van der Waals surface area contributed by atoms with Gasteiger partial charge in [-0.15, -0.1) is 10.2 Å². The van der Waals surface area contributed by atoms with Gasteiger partial charge in [0.2, 0.25) is 5.91 Å². The highest BCUT2D eigenvalue weighted by Gasteiger charge is 2.21. The first kappa shape index (κ1) is 22.8. The normalized spacial score (nSPS) is 11.7. The molecule has 0 spiro atoms. The van der Waals surface area contributed by atoms with E-state index < -0.39 is 6.10 Å². The maximum atomic E-state index is 13.2. The summed E-state index contributed by atoms with van der Waals surface area (Å²) >= 11 is 7.24. The number of nitrogens with zero attached hydrogens (tertiary/aromatic N) is 3. The van der Waals surface area contributed by atoms with Gasteiger partial charge in [-0.1, -0.05) is 47.6 Å². The predicted molar refractivity (Wildman–Crippen MR) is 128 cm³/mol. The lowest BCUT2D eigenvalue weighted by Crippen LogP contribution is -2.15. The zero-order valence-corrected chi connectivity index (χ0v) is 19.2. The smallest absolute Gasteiger partial charge is 0.234 e. The number of carbonyl (C=O) groups is 1. The van der Waals surface area contributed by atoms with Crippen LogP contribution in [0.15, 0.2) is 84.0 Å². The number of anilines is 1. The molecule has 168 valence electrons. The molecule has 4 rings (SSSR count). The van der Waals surface area contributed by atoms with Gasteiger partial charge in [-0.3, -0.25) is 9.36 Å². The van der Waals surface area contributed by atoms with Gasteiger partial charge in [0.1, 0.15) is 11.6 Å². The van der Waals surface area contributed by atoms with E-state index in [0.717, 1.165) is 5.69 Å². The number of para-hydroxylation sites is 1. The van der Waals surface area contributed by atoms with Crippen molar-refractivity contribution in [2.24, 2.45) is 0 Å². The minimum absolute atomic E-state index is 0.130. The van der Waals surface area contributed by atoms with Crippen molar-refractivity contribution in [2.45, 2.75) is 18.2 Å². The monoisotopic (exact) mass is 482 g/mol. The Labute approximate surface area is 199 Å². The van der Waals surface area contributed by atoms with Gasteiger partial charge in [0.25, 0.3) is 0 Å². The van der Waals surface area contributed by atoms with Gasteiger partial charge in [0.15, 0.2) is 17.1 Å². The molecule has 0 radical (unpaired) electrons. The van der Waals surface area contributed by atoms with Crippen molar-refractivity contribution in [3.63, 3.8) is 0 Å². The van der Waals surface area contributed by atoms with Crippen LogP contribution >= 0.6 is 23.4 Å². The van der Waals surface area contributed by atoms with Crippen LogP contribution < -0.4 is 10.1 Å². The number of nitrogens with one attached hydrogen (secondary N) is 1. The van der Waals surface area contributed by atoms with E-state index in [1.54, 1.807) is 36.4 Å². The van der Waals surface area contributed by atoms with Crippen LogP contribution in [0.25, 0.3) is 5.69 Å². The fourth-order valence-corrected chi connectivity index (χ4v) is 4.07. The molecule has 33 heavy (non-hydrogen) atoms. The quantitative estimate of drug-likeness (QED) is 0.315. The Hall–Kier alpha value is -3.36. The number of thioether (sulfide) groups is 1. The molecule has 0 saturated heterocycles. The minimum Gasteiger partial charge on any atom is -0.483 e. The summed E-state index contributed by atoms with van der Waals surface area (Å²) < 4.78 is 21.0. The van der Waals surface area contributed by atoms with Crippen LogP contribution in [0.4, 0.5) is 10.1 Å². The van der Waals surface area contributed by atoms with E-state index in [9.17, 15) is 9.18 Å². The van der Waals surface area contributed by atoms with E-state index in [1.807, 2.05) is 41.8 Å². The number of hydrogen-bond acceptors (Lipinski definition) is 5. The summed E-state index contributed by atoms with van der Waals surface area (Å²) in [5, 5.41) is 12.5. The lowest BCUT2D eigenvalue weighted by Gasteiger charge is -2.16. The Morgan fingerprint density at radius 1 is 1.09 bits per heavy atom. The third-order valence-corrected chi connectivity index (χ3v) is 5.77. The molecule has 1 N–H and O–H groups in total. The molecule has 0 aliphatic rings. The minimum atomic E-state index is -0.474. The van der Waals surface area contributed by atoms with Crippen molar-refractivity contribution in [1.82, 2.24) is 14.8 Å². The summed E-state index contributed by atoms with van der Waals surface area (Å²) in [6.07, 6.45) is -0.474. The molecule has 1 atom stereocenters. The Morgan fingerprint density at radius 2 is 1.85 bits per heavy atom. The first-order valence-electron chi connectivity index (χ1n) is 10.1. The lowest BCUT2D eigenvalue weighted by atomic mass is 10.3. The highest BCUT2D eigenvalue weighted by Crippen LogP contribution is 2.28. The third kappa shape index (κ3) is 5.91. The first-order valence-corrected chi connectivity index (χ1v) is 11.5. The Bertz CT molecular complexity index is 1230. The van der Waals surface area contributed by atoms with E-state index in [-0.39, 0.29) is 17.5 Å². The molecule has 0 aliphatic heterocycles. The number of ether oxygens (including phenoxy) is 1. The summed E-state index contributed by atoms with van der Waals surface area (Å²) in [4.78, 5) is 12.5. The van der Waals surface area contributed by atoms with Gasteiger partial charge < -0.3 is 10.1 Å². The van der Waals surface area contributed by atoms with Crippen molar-refractivity contribution in [3.05, 3.63) is 95.5 Å². The number of benzene rings is 3. The van der Waals surface area contributed by atoms with E-state index in [4.69, 9.17) is 16.3 Å². The van der Waals surface area contributed by atoms with Gasteiger partial charge in [-0.2, -0.15) is 0 Å². The zero-order chi connectivity index (χ0) is 23.2. The molecule has 1 unspecified atom stereocenters. The zero-order valence-electron chi connectivity index (χ0n) is 17.6. The maximum Gasteiger partial charge on any atom is 0.234 e. The van der Waals surface area contributed by atoms with Crippen molar-refractivity contribution < 1.29 is 13.9 Å². The van der Waals surface area contributed by atoms with Crippen molar-refractivity contribution in [2.75, 3.05) is 11.1 Å². The van der Waals surface area contributed by atoms with Crippen LogP contribution in [0, 0.1) is 5.82 Å². The molecular weight excluding hydrogens is 463 g/mol. The summed E-state index contributed by atoms with van der Waals surface area (Å²) in [6.45, 7) is 1.84. The number of amides is 1. The number of halogens is 2. The van der Waals surface area contributed by atoms with Crippen molar-refractivity contribution >= 4 is 35.0 Å². The van der Waals surface area contributed by atoms with E-state index in [1.165, 1.54) is 23.9 Å². The average molecular weight is 483 g/mol. The van der Waals surface area contributed by atoms with Crippen LogP contribution in [0.1, 0.15) is 18.9 Å². The Balaban J connectivity index is 1.53. The van der Waals surface area contributed by atoms with Gasteiger partial charge in [-0.05, 0) is 61.5 Å². The van der Waals surface area contributed by atoms with Crippen molar-refractivity contribution in [1.29, 1.82) is 0 Å². The molecule has 0 bridgehead atoms. The van der Waals surface area contributed by atoms with Crippen molar-refractivity contribution in [3.8, 4) is 11.4 Å². The van der Waals surface area contributed by atoms with Crippen LogP contribution in [0.2, 0.25) is 5.02 Å². The molecular formula is C24H20ClFN4O2S. The lowest BCUT2D eigenvalue weighted by molar-refractivity contribution is -0.113. The average Bonchev–Trinajstić information content (AvgIpc) is 3.24. The Morgan fingerprint density at radius 3 is 2.58 bits per heavy atom. The summed E-state index contributed by atoms with van der Waals surface area (Å²) in [5.74, 6) is 0.675. The van der Waals surface area contributed by atoms with Crippen LogP contribution in [0.5, 0.6) is 5.75 Å². The largest absolute Gasteiger partial charge is 0.483 e. The fourth-order valence-electron chi connectivity index (χ4n) is 3.12. The second-order valence-corrected chi connectivity index (χ2v) is 8.45. The molecule has 0 saturated carbocycles. The molecule has 4 aromatic rings. The van der Waals surface area contributed by atoms with Crippen LogP contribution in [-0.2, 0) is 4.79 Å². The highest BCUT2D eigenvalue weighted by atomic mass is 35.5. The molecule has 1 heterocycles. The van der Waals surface area contributed by atoms with Crippen LogP contribution in [0.3, 0.4) is 0 Å². The molecule has 3 aromatic carbocycles. The SMILES string of the molecule is CC(Oc1ccc(F)cc1)c1nnc(SCC(=O)Nc2cccc(Cl)c2)n1-c1ccccc1. The number of aromatic nitrogens is 3. The summed E-state index contributed by atoms with van der Waals surface area (Å²) in [6, 6.07) is 22.3. The predicted octanol–water partition coefficient (Wildman–Crippen LogP) is 5.93. The second-order valence-electron chi connectivity index (χ2n) is 7.07. The molecule has 9 heteroatoms. The van der Waals surface area contributed by atoms with E-state index in [0.29, 0.717) is 27.4 Å². The van der Waals surface area contributed by atoms with E-state index >= 15 is 0 Å². The molecule has 1 aromatic heterocycles. The molecule has 0 fully saturated rings. The number of carbonyl (C=O) groups excluding carboxylic acids is 1. The van der Waals surface area contributed by atoms with Gasteiger partial charge in [-0.25, -0.2) is 4.39 Å². The summed E-state index contributed by atoms with van der Waals surface area (Å²) in [5.41, 5.74) is 1.46. The molecule has 1 amide bonds. The maximum absolute atomic E-state index is 13.2. The first-order chi connectivity index (χ1) is 16.0. The van der Waals surface area contributed by atoms with Gasteiger partial charge in [0, 0.05) is 16.4 Å². The van der Waals surface area contributed by atoms with Gasteiger partial charge >= 0.3 is 0 Å². The fraction of sp³-hybridized carbons (Fsp3) is 0.125.